The third kappa shape index (κ3) is 1.74. The first-order valence-electron chi connectivity index (χ1n) is 3.51. The highest BCUT2D eigenvalue weighted by atomic mass is 15.3. The van der Waals surface area contributed by atoms with Crippen LogP contribution < -0.4 is 10.4 Å². The maximum absolute atomic E-state index is 5.51. The fraction of sp³-hybridized carbons (Fsp3) is 0.375. The minimum atomic E-state index is 0.164. The molecule has 0 fully saturated rings. The average Bonchev–Trinajstić information content (AvgIpc) is 2.36. The van der Waals surface area contributed by atoms with Crippen LogP contribution in [-0.4, -0.2) is 5.10 Å². The van der Waals surface area contributed by atoms with Crippen molar-refractivity contribution in [3.63, 3.8) is 0 Å². The molecule has 0 aliphatic heterocycles. The van der Waals surface area contributed by atoms with Crippen molar-refractivity contribution < 1.29 is 4.68 Å². The van der Waals surface area contributed by atoms with E-state index < -0.39 is 0 Å². The zero-order valence-corrected chi connectivity index (χ0v) is 6.76. The van der Waals surface area contributed by atoms with Gasteiger partial charge in [-0.25, -0.2) is 0 Å². The van der Waals surface area contributed by atoms with Crippen molar-refractivity contribution in [2.24, 2.45) is 0 Å². The van der Waals surface area contributed by atoms with Crippen molar-refractivity contribution >= 4 is 5.69 Å². The first kappa shape index (κ1) is 7.67. The summed E-state index contributed by atoms with van der Waals surface area (Å²) in [4.78, 5) is 0. The van der Waals surface area contributed by atoms with Crippen LogP contribution in [0.4, 0.5) is 5.69 Å². The second-order valence-electron chi connectivity index (χ2n) is 2.38. The molecular weight excluding hydrogens is 138 g/mol. The number of hydrogen-bond donors (Lipinski definition) is 2. The lowest BCUT2D eigenvalue weighted by atomic mass is 10.3. The quantitative estimate of drug-likeness (QED) is 0.443. The number of nitrogens with one attached hydrogen (secondary N) is 1. The highest BCUT2D eigenvalue weighted by Crippen LogP contribution is 1.95. The van der Waals surface area contributed by atoms with Crippen LogP contribution in [0.2, 0.25) is 0 Å². The maximum Gasteiger partial charge on any atom is 0.239 e. The van der Waals surface area contributed by atoms with E-state index in [0.29, 0.717) is 0 Å². The van der Waals surface area contributed by atoms with Crippen LogP contribution in [0, 0.1) is 11.8 Å². The Bertz CT molecular complexity index is 290. The second kappa shape index (κ2) is 3.11. The molecule has 1 heterocycles. The van der Waals surface area contributed by atoms with E-state index in [4.69, 9.17) is 5.73 Å². The second-order valence-corrected chi connectivity index (χ2v) is 2.38. The molecule has 0 aromatic carbocycles. The number of aromatic amines is 1. The number of nitrogens with zero attached hydrogens (tertiary/aromatic N) is 1. The predicted molar refractivity (Wildman–Crippen MR) is 43.6 cm³/mol. The Morgan fingerprint density at radius 2 is 2.45 bits per heavy atom. The van der Waals surface area contributed by atoms with E-state index >= 15 is 0 Å². The summed E-state index contributed by atoms with van der Waals surface area (Å²) in [5, 5.41) is 2.98. The Balaban J connectivity index is 2.81. The topological polar surface area (TPSA) is 45.7 Å². The Morgan fingerprint density at radius 1 is 1.73 bits per heavy atom. The molecular formula is C8H12N3+. The summed E-state index contributed by atoms with van der Waals surface area (Å²) >= 11 is 0. The van der Waals surface area contributed by atoms with Crippen molar-refractivity contribution in [3.05, 3.63) is 12.4 Å². The molecule has 1 atom stereocenters. The summed E-state index contributed by atoms with van der Waals surface area (Å²) in [5.74, 6) is 5.84. The molecule has 0 aliphatic rings. The van der Waals surface area contributed by atoms with Crippen LogP contribution in [0.5, 0.6) is 0 Å². The van der Waals surface area contributed by atoms with E-state index in [-0.39, 0.29) is 6.04 Å². The Kier molecular flexibility index (Phi) is 2.17. The monoisotopic (exact) mass is 150 g/mol. The predicted octanol–water partition coefficient (Wildman–Crippen LogP) is 0.469. The van der Waals surface area contributed by atoms with Gasteiger partial charge in [0.05, 0.1) is 6.20 Å². The van der Waals surface area contributed by atoms with Crippen molar-refractivity contribution in [3.8, 4) is 11.8 Å². The van der Waals surface area contributed by atoms with Gasteiger partial charge in [0.1, 0.15) is 5.69 Å². The Morgan fingerprint density at radius 3 is 2.91 bits per heavy atom. The SMILES string of the molecule is CC#CC(C)[n+]1cc(N)c[nH]1. The largest absolute Gasteiger partial charge is 0.392 e. The van der Waals surface area contributed by atoms with E-state index in [1.165, 1.54) is 0 Å². The highest BCUT2D eigenvalue weighted by molar-refractivity contribution is 5.27. The summed E-state index contributed by atoms with van der Waals surface area (Å²) in [5.41, 5.74) is 6.24. The van der Waals surface area contributed by atoms with Crippen molar-refractivity contribution in [2.75, 3.05) is 5.73 Å². The highest BCUT2D eigenvalue weighted by Gasteiger charge is 2.09. The Labute approximate surface area is 66.2 Å². The fourth-order valence-corrected chi connectivity index (χ4v) is 0.886. The molecule has 58 valence electrons. The molecule has 1 aromatic heterocycles. The van der Waals surface area contributed by atoms with Gasteiger partial charge >= 0.3 is 0 Å². The minimum absolute atomic E-state index is 0.164. The molecule has 1 aromatic rings. The number of nitrogen functional groups attached to an aromatic ring is 1. The molecule has 0 spiro atoms. The lowest BCUT2D eigenvalue weighted by Gasteiger charge is -1.91. The lowest BCUT2D eigenvalue weighted by Crippen LogP contribution is -2.37. The van der Waals surface area contributed by atoms with Crippen LogP contribution in [0.25, 0.3) is 0 Å². The van der Waals surface area contributed by atoms with E-state index in [1.807, 2.05) is 24.7 Å². The third-order valence-electron chi connectivity index (χ3n) is 1.44. The smallest absolute Gasteiger partial charge is 0.239 e. The molecule has 3 nitrogen and oxygen atoms in total. The summed E-state index contributed by atoms with van der Waals surface area (Å²) < 4.78 is 1.87. The van der Waals surface area contributed by atoms with Crippen LogP contribution in [0.1, 0.15) is 19.9 Å². The number of aromatic nitrogens is 2. The first-order chi connectivity index (χ1) is 5.24. The third-order valence-corrected chi connectivity index (χ3v) is 1.44. The van der Waals surface area contributed by atoms with Crippen molar-refractivity contribution in [1.29, 1.82) is 0 Å². The number of nitrogens with two attached hydrogens (primary N) is 1. The van der Waals surface area contributed by atoms with Gasteiger partial charge in [-0.3, -0.25) is 0 Å². The molecule has 11 heavy (non-hydrogen) atoms. The van der Waals surface area contributed by atoms with E-state index in [1.54, 1.807) is 6.20 Å². The number of hydrogen-bond acceptors (Lipinski definition) is 1. The summed E-state index contributed by atoms with van der Waals surface area (Å²) in [6.07, 6.45) is 3.57. The molecule has 0 saturated heterocycles. The number of H-pyrrole nitrogens is 1. The molecule has 3 N–H and O–H groups in total. The zero-order chi connectivity index (χ0) is 8.27. The van der Waals surface area contributed by atoms with Gasteiger partial charge in [0, 0.05) is 6.92 Å². The van der Waals surface area contributed by atoms with Crippen LogP contribution in [-0.2, 0) is 0 Å². The van der Waals surface area contributed by atoms with Crippen molar-refractivity contribution in [2.45, 2.75) is 19.9 Å². The van der Waals surface area contributed by atoms with Crippen molar-refractivity contribution in [1.82, 2.24) is 5.10 Å². The van der Waals surface area contributed by atoms with Gasteiger partial charge in [-0.15, -0.1) is 4.68 Å². The van der Waals surface area contributed by atoms with E-state index in [2.05, 4.69) is 16.9 Å². The summed E-state index contributed by atoms with van der Waals surface area (Å²) in [7, 11) is 0. The molecule has 1 unspecified atom stereocenters. The number of rotatable bonds is 1. The van der Waals surface area contributed by atoms with Gasteiger partial charge in [-0.2, -0.15) is 5.10 Å². The molecule has 0 bridgehead atoms. The van der Waals surface area contributed by atoms with Gasteiger partial charge in [0.2, 0.25) is 12.2 Å². The van der Waals surface area contributed by atoms with Crippen LogP contribution >= 0.6 is 0 Å². The molecule has 0 radical (unpaired) electrons. The average molecular weight is 150 g/mol. The van der Waals surface area contributed by atoms with Crippen LogP contribution in [0.15, 0.2) is 12.4 Å². The Hall–Kier alpha value is -1.43. The van der Waals surface area contributed by atoms with Gasteiger partial charge < -0.3 is 5.73 Å². The standard InChI is InChI=1S/C8H11N3/c1-3-4-7(2)11-6-8(9)5-10-11/h5-7H,9H2,1-2H3/p+1. The molecule has 1 rings (SSSR count). The summed E-state index contributed by atoms with van der Waals surface area (Å²) in [6, 6.07) is 0.164. The van der Waals surface area contributed by atoms with Crippen LogP contribution in [0.3, 0.4) is 0 Å². The fourth-order valence-electron chi connectivity index (χ4n) is 0.886. The lowest BCUT2D eigenvalue weighted by molar-refractivity contribution is -0.758. The van der Waals surface area contributed by atoms with Gasteiger partial charge in [-0.05, 0) is 12.8 Å². The molecule has 0 amide bonds. The van der Waals surface area contributed by atoms with E-state index in [9.17, 15) is 0 Å². The molecule has 3 heteroatoms. The normalized spacial score (nSPS) is 11.8. The minimum Gasteiger partial charge on any atom is -0.392 e. The van der Waals surface area contributed by atoms with Gasteiger partial charge in [0.25, 0.3) is 0 Å². The zero-order valence-electron chi connectivity index (χ0n) is 6.76. The summed E-state index contributed by atoms with van der Waals surface area (Å²) in [6.45, 7) is 3.83. The van der Waals surface area contributed by atoms with E-state index in [0.717, 1.165) is 5.69 Å². The number of anilines is 1. The first-order valence-corrected chi connectivity index (χ1v) is 3.51. The van der Waals surface area contributed by atoms with Gasteiger partial charge in [0.15, 0.2) is 0 Å². The molecule has 0 aliphatic carbocycles. The molecule has 0 saturated carbocycles. The van der Waals surface area contributed by atoms with Gasteiger partial charge in [-0.1, -0.05) is 5.92 Å². The maximum atomic E-state index is 5.51.